The van der Waals surface area contributed by atoms with E-state index in [1.807, 2.05) is 6.07 Å². The first-order chi connectivity index (χ1) is 8.81. The summed E-state index contributed by atoms with van der Waals surface area (Å²) in [5.41, 5.74) is 11.9. The predicted molar refractivity (Wildman–Crippen MR) is 76.4 cm³/mol. The molecule has 3 N–H and O–H groups in total. The Labute approximate surface area is 106 Å². The molecular formula is C16H16N2. The van der Waals surface area contributed by atoms with Gasteiger partial charge in [-0.3, -0.25) is 0 Å². The van der Waals surface area contributed by atoms with Crippen molar-refractivity contribution in [2.24, 2.45) is 5.73 Å². The van der Waals surface area contributed by atoms with Crippen LogP contribution < -0.4 is 5.73 Å². The maximum atomic E-state index is 5.93. The standard InChI is InChI=1S/C16H16N2/c1-11-6-2-3-7-12(11)16-14(10-17)13-8-4-5-9-15(13)18-16/h2-9,18H,10,17H2,1H3. The van der Waals surface area contributed by atoms with Gasteiger partial charge in [-0.2, -0.15) is 0 Å². The fraction of sp³-hybridized carbons (Fsp3) is 0.125. The molecule has 0 aliphatic carbocycles. The third-order valence-corrected chi connectivity index (χ3v) is 3.43. The number of hydrogen-bond acceptors (Lipinski definition) is 1. The van der Waals surface area contributed by atoms with Crippen molar-refractivity contribution in [1.82, 2.24) is 4.98 Å². The first-order valence-corrected chi connectivity index (χ1v) is 6.17. The van der Waals surface area contributed by atoms with Gasteiger partial charge in [-0.1, -0.05) is 42.5 Å². The average Bonchev–Trinajstić information content (AvgIpc) is 2.77. The van der Waals surface area contributed by atoms with Crippen LogP contribution in [0.3, 0.4) is 0 Å². The first kappa shape index (κ1) is 11.1. The second-order valence-electron chi connectivity index (χ2n) is 4.54. The lowest BCUT2D eigenvalue weighted by Gasteiger charge is -2.06. The molecule has 1 heterocycles. The summed E-state index contributed by atoms with van der Waals surface area (Å²) in [5.74, 6) is 0. The summed E-state index contributed by atoms with van der Waals surface area (Å²) >= 11 is 0. The van der Waals surface area contributed by atoms with Crippen molar-refractivity contribution in [3.63, 3.8) is 0 Å². The normalized spacial score (nSPS) is 11.0. The van der Waals surface area contributed by atoms with Crippen molar-refractivity contribution in [3.8, 4) is 11.3 Å². The largest absolute Gasteiger partial charge is 0.354 e. The quantitative estimate of drug-likeness (QED) is 0.701. The van der Waals surface area contributed by atoms with Crippen LogP contribution in [0.25, 0.3) is 22.2 Å². The predicted octanol–water partition coefficient (Wildman–Crippen LogP) is 3.60. The van der Waals surface area contributed by atoms with E-state index in [0.29, 0.717) is 6.54 Å². The molecule has 2 nitrogen and oxygen atoms in total. The smallest absolute Gasteiger partial charge is 0.0513 e. The summed E-state index contributed by atoms with van der Waals surface area (Å²) in [7, 11) is 0. The van der Waals surface area contributed by atoms with Crippen LogP contribution in [0, 0.1) is 6.92 Å². The molecule has 3 aromatic rings. The number of nitrogens with two attached hydrogens (primary N) is 1. The van der Waals surface area contributed by atoms with Crippen LogP contribution in [-0.2, 0) is 6.54 Å². The number of aryl methyl sites for hydroxylation is 1. The molecule has 0 aliphatic heterocycles. The molecule has 0 fully saturated rings. The van der Waals surface area contributed by atoms with Crippen molar-refractivity contribution in [1.29, 1.82) is 0 Å². The van der Waals surface area contributed by atoms with E-state index in [4.69, 9.17) is 5.73 Å². The number of para-hydroxylation sites is 1. The van der Waals surface area contributed by atoms with Crippen LogP contribution in [0.4, 0.5) is 0 Å². The molecule has 0 bridgehead atoms. The van der Waals surface area contributed by atoms with Gasteiger partial charge >= 0.3 is 0 Å². The maximum Gasteiger partial charge on any atom is 0.0513 e. The van der Waals surface area contributed by atoms with Crippen LogP contribution >= 0.6 is 0 Å². The summed E-state index contributed by atoms with van der Waals surface area (Å²) in [5, 5.41) is 1.22. The molecule has 0 spiro atoms. The number of aromatic amines is 1. The van der Waals surface area contributed by atoms with E-state index in [9.17, 15) is 0 Å². The Morgan fingerprint density at radius 2 is 1.72 bits per heavy atom. The van der Waals surface area contributed by atoms with Gasteiger partial charge in [0.15, 0.2) is 0 Å². The molecular weight excluding hydrogens is 220 g/mol. The molecule has 0 amide bonds. The van der Waals surface area contributed by atoms with Crippen LogP contribution in [0.5, 0.6) is 0 Å². The molecule has 2 heteroatoms. The first-order valence-electron chi connectivity index (χ1n) is 6.17. The van der Waals surface area contributed by atoms with Crippen molar-refractivity contribution in [2.45, 2.75) is 13.5 Å². The van der Waals surface area contributed by atoms with E-state index in [1.54, 1.807) is 0 Å². The summed E-state index contributed by atoms with van der Waals surface area (Å²) in [6.45, 7) is 2.68. The Bertz CT molecular complexity index is 695. The molecule has 18 heavy (non-hydrogen) atoms. The van der Waals surface area contributed by atoms with E-state index >= 15 is 0 Å². The molecule has 0 atom stereocenters. The second kappa shape index (κ2) is 4.31. The van der Waals surface area contributed by atoms with Gasteiger partial charge in [-0.25, -0.2) is 0 Å². The van der Waals surface area contributed by atoms with E-state index in [0.717, 1.165) is 11.2 Å². The summed E-state index contributed by atoms with van der Waals surface area (Å²) in [6.07, 6.45) is 0. The second-order valence-corrected chi connectivity index (χ2v) is 4.54. The highest BCUT2D eigenvalue weighted by Crippen LogP contribution is 2.31. The van der Waals surface area contributed by atoms with Gasteiger partial charge in [0, 0.05) is 23.0 Å². The van der Waals surface area contributed by atoms with Crippen molar-refractivity contribution < 1.29 is 0 Å². The van der Waals surface area contributed by atoms with Gasteiger partial charge in [0.05, 0.1) is 5.69 Å². The molecule has 1 aromatic heterocycles. The monoisotopic (exact) mass is 236 g/mol. The topological polar surface area (TPSA) is 41.8 Å². The zero-order valence-corrected chi connectivity index (χ0v) is 10.4. The number of hydrogen-bond donors (Lipinski definition) is 2. The lowest BCUT2D eigenvalue weighted by molar-refractivity contribution is 1.09. The minimum absolute atomic E-state index is 0.549. The number of rotatable bonds is 2. The Balaban J connectivity index is 2.32. The zero-order valence-electron chi connectivity index (χ0n) is 10.4. The molecule has 2 aromatic carbocycles. The Hall–Kier alpha value is -2.06. The number of H-pyrrole nitrogens is 1. The highest BCUT2D eigenvalue weighted by atomic mass is 14.7. The third kappa shape index (κ3) is 1.62. The summed E-state index contributed by atoms with van der Waals surface area (Å²) in [6, 6.07) is 16.7. The zero-order chi connectivity index (χ0) is 12.5. The molecule has 0 aliphatic rings. The van der Waals surface area contributed by atoms with Crippen LogP contribution in [0.1, 0.15) is 11.1 Å². The van der Waals surface area contributed by atoms with Gasteiger partial charge in [0.2, 0.25) is 0 Å². The fourth-order valence-corrected chi connectivity index (χ4v) is 2.50. The minimum atomic E-state index is 0.549. The summed E-state index contributed by atoms with van der Waals surface area (Å²) in [4.78, 5) is 3.49. The van der Waals surface area contributed by atoms with Gasteiger partial charge in [0.1, 0.15) is 0 Å². The van der Waals surface area contributed by atoms with Crippen molar-refractivity contribution >= 4 is 10.9 Å². The SMILES string of the molecule is Cc1ccccc1-c1[nH]c2ccccc2c1CN. The van der Waals surface area contributed by atoms with Crippen LogP contribution in [-0.4, -0.2) is 4.98 Å². The van der Waals surface area contributed by atoms with Gasteiger partial charge in [-0.05, 0) is 24.1 Å². The van der Waals surface area contributed by atoms with E-state index in [2.05, 4.69) is 54.4 Å². The molecule has 0 unspecified atom stereocenters. The van der Waals surface area contributed by atoms with E-state index in [-0.39, 0.29) is 0 Å². The minimum Gasteiger partial charge on any atom is -0.354 e. The molecule has 90 valence electrons. The number of nitrogens with one attached hydrogen (secondary N) is 1. The molecule has 3 rings (SSSR count). The Kier molecular flexibility index (Phi) is 2.65. The van der Waals surface area contributed by atoms with Gasteiger partial charge in [-0.15, -0.1) is 0 Å². The Morgan fingerprint density at radius 3 is 2.50 bits per heavy atom. The lowest BCUT2D eigenvalue weighted by Crippen LogP contribution is -1.98. The lowest BCUT2D eigenvalue weighted by atomic mass is 10.0. The number of fused-ring (bicyclic) bond motifs is 1. The highest BCUT2D eigenvalue weighted by molar-refractivity contribution is 5.91. The van der Waals surface area contributed by atoms with E-state index in [1.165, 1.54) is 22.1 Å². The maximum absolute atomic E-state index is 5.93. The fourth-order valence-electron chi connectivity index (χ4n) is 2.50. The van der Waals surface area contributed by atoms with E-state index < -0.39 is 0 Å². The van der Waals surface area contributed by atoms with Crippen LogP contribution in [0.15, 0.2) is 48.5 Å². The highest BCUT2D eigenvalue weighted by Gasteiger charge is 2.12. The Morgan fingerprint density at radius 1 is 1.00 bits per heavy atom. The third-order valence-electron chi connectivity index (χ3n) is 3.43. The average molecular weight is 236 g/mol. The number of benzene rings is 2. The van der Waals surface area contributed by atoms with Gasteiger partial charge in [0.25, 0.3) is 0 Å². The van der Waals surface area contributed by atoms with Crippen LogP contribution in [0.2, 0.25) is 0 Å². The molecule has 0 radical (unpaired) electrons. The summed E-state index contributed by atoms with van der Waals surface area (Å²) < 4.78 is 0. The van der Waals surface area contributed by atoms with Crippen molar-refractivity contribution in [3.05, 3.63) is 59.7 Å². The van der Waals surface area contributed by atoms with Gasteiger partial charge < -0.3 is 10.7 Å². The molecule has 0 saturated heterocycles. The van der Waals surface area contributed by atoms with Crippen molar-refractivity contribution in [2.75, 3.05) is 0 Å². The molecule has 0 saturated carbocycles. The number of aromatic nitrogens is 1.